The highest BCUT2D eigenvalue weighted by molar-refractivity contribution is 6.20. The highest BCUT2D eigenvalue weighted by Gasteiger charge is 2.26. The molecule has 1 aliphatic carbocycles. The van der Waals surface area contributed by atoms with E-state index >= 15 is 0 Å². The van der Waals surface area contributed by atoms with Gasteiger partial charge in [-0.05, 0) is 44.7 Å². The molecule has 3 nitrogen and oxygen atoms in total. The average molecular weight is 279 g/mol. The molecule has 0 spiro atoms. The van der Waals surface area contributed by atoms with E-state index in [-0.39, 0.29) is 5.38 Å². The molecule has 1 aromatic heterocycles. The first kappa shape index (κ1) is 12.8. The smallest absolute Gasteiger partial charge is 0.147 e. The van der Waals surface area contributed by atoms with Gasteiger partial charge < -0.3 is 9.30 Å². The topological polar surface area (TPSA) is 27.1 Å². The van der Waals surface area contributed by atoms with Gasteiger partial charge in [-0.15, -0.1) is 11.6 Å². The number of rotatable bonds is 5. The number of aromatic nitrogens is 2. The first-order valence-corrected chi connectivity index (χ1v) is 7.40. The molecule has 4 heteroatoms. The molecule has 1 heterocycles. The van der Waals surface area contributed by atoms with Gasteiger partial charge in [0.2, 0.25) is 0 Å². The molecule has 0 radical (unpaired) electrons. The summed E-state index contributed by atoms with van der Waals surface area (Å²) in [5.74, 6) is 2.60. The van der Waals surface area contributed by atoms with Crippen LogP contribution in [0.2, 0.25) is 0 Å². The van der Waals surface area contributed by atoms with Crippen molar-refractivity contribution in [1.29, 1.82) is 0 Å². The lowest BCUT2D eigenvalue weighted by Crippen LogP contribution is -2.05. The van der Waals surface area contributed by atoms with Gasteiger partial charge in [0.15, 0.2) is 0 Å². The van der Waals surface area contributed by atoms with Crippen molar-refractivity contribution in [3.05, 3.63) is 24.0 Å². The normalized spacial score (nSPS) is 16.8. The van der Waals surface area contributed by atoms with Crippen LogP contribution in [-0.4, -0.2) is 16.2 Å². The number of ether oxygens (including phenoxy) is 1. The van der Waals surface area contributed by atoms with Gasteiger partial charge in [0, 0.05) is 6.54 Å². The van der Waals surface area contributed by atoms with E-state index in [2.05, 4.69) is 10.6 Å². The third kappa shape index (κ3) is 2.44. The van der Waals surface area contributed by atoms with E-state index in [1.165, 1.54) is 12.8 Å². The maximum absolute atomic E-state index is 6.29. The molecule has 1 atom stereocenters. The van der Waals surface area contributed by atoms with Crippen LogP contribution in [0.5, 0.6) is 5.75 Å². The maximum atomic E-state index is 6.29. The van der Waals surface area contributed by atoms with Gasteiger partial charge in [-0.2, -0.15) is 0 Å². The highest BCUT2D eigenvalue weighted by atomic mass is 35.5. The fourth-order valence-corrected chi connectivity index (χ4v) is 2.63. The van der Waals surface area contributed by atoms with E-state index < -0.39 is 0 Å². The lowest BCUT2D eigenvalue weighted by Gasteiger charge is -2.09. The van der Waals surface area contributed by atoms with Crippen molar-refractivity contribution in [2.75, 3.05) is 6.61 Å². The fourth-order valence-electron chi connectivity index (χ4n) is 2.47. The van der Waals surface area contributed by atoms with Crippen LogP contribution in [0.3, 0.4) is 0 Å². The molecule has 0 amide bonds. The number of halogens is 1. The zero-order valence-electron chi connectivity index (χ0n) is 11.4. The van der Waals surface area contributed by atoms with Crippen LogP contribution in [0.4, 0.5) is 0 Å². The number of alkyl halides is 1. The third-order valence-corrected chi connectivity index (χ3v) is 3.76. The molecule has 0 aliphatic heterocycles. The second-order valence-electron chi connectivity index (χ2n) is 5.20. The molecule has 0 saturated heterocycles. The third-order valence-electron chi connectivity index (χ3n) is 3.56. The van der Waals surface area contributed by atoms with E-state index in [1.54, 1.807) is 0 Å². The van der Waals surface area contributed by atoms with E-state index in [0.29, 0.717) is 6.61 Å². The number of benzene rings is 1. The zero-order chi connectivity index (χ0) is 13.4. The SMILES string of the molecule is CCOc1cccc2c1nc(C(C)Cl)n2CC1CC1. The quantitative estimate of drug-likeness (QED) is 0.769. The molecular formula is C15H19ClN2O. The zero-order valence-corrected chi connectivity index (χ0v) is 12.2. The summed E-state index contributed by atoms with van der Waals surface area (Å²) < 4.78 is 7.94. The van der Waals surface area contributed by atoms with Crippen LogP contribution in [0.15, 0.2) is 18.2 Å². The Morgan fingerprint density at radius 3 is 2.89 bits per heavy atom. The molecule has 2 aromatic rings. The minimum absolute atomic E-state index is 0.0828. The van der Waals surface area contributed by atoms with Crippen molar-refractivity contribution >= 4 is 22.6 Å². The van der Waals surface area contributed by atoms with Crippen LogP contribution >= 0.6 is 11.6 Å². The Kier molecular flexibility index (Phi) is 3.40. The summed E-state index contributed by atoms with van der Waals surface area (Å²) in [6, 6.07) is 6.11. The van der Waals surface area contributed by atoms with Crippen molar-refractivity contribution in [1.82, 2.24) is 9.55 Å². The standard InChI is InChI=1S/C15H19ClN2O/c1-3-19-13-6-4-5-12-14(13)17-15(10(2)16)18(12)9-11-7-8-11/h4-6,10-11H,3,7-9H2,1-2H3. The van der Waals surface area contributed by atoms with Gasteiger partial charge in [0.25, 0.3) is 0 Å². The van der Waals surface area contributed by atoms with Crippen molar-refractivity contribution in [3.63, 3.8) is 0 Å². The van der Waals surface area contributed by atoms with Crippen LogP contribution in [0.25, 0.3) is 11.0 Å². The monoisotopic (exact) mass is 278 g/mol. The number of imidazole rings is 1. The maximum Gasteiger partial charge on any atom is 0.147 e. The minimum atomic E-state index is -0.0828. The Hall–Kier alpha value is -1.22. The molecule has 0 N–H and O–H groups in total. The summed E-state index contributed by atoms with van der Waals surface area (Å²) in [7, 11) is 0. The van der Waals surface area contributed by atoms with Gasteiger partial charge in [-0.1, -0.05) is 6.07 Å². The van der Waals surface area contributed by atoms with Crippen LogP contribution in [0, 0.1) is 5.92 Å². The van der Waals surface area contributed by atoms with E-state index in [0.717, 1.165) is 35.1 Å². The predicted molar refractivity (Wildman–Crippen MR) is 77.9 cm³/mol. The van der Waals surface area contributed by atoms with Crippen molar-refractivity contribution < 1.29 is 4.74 Å². The second kappa shape index (κ2) is 5.04. The number of nitrogens with zero attached hydrogens (tertiary/aromatic N) is 2. The van der Waals surface area contributed by atoms with Crippen LogP contribution in [-0.2, 0) is 6.54 Å². The Bertz CT molecular complexity index is 587. The summed E-state index contributed by atoms with van der Waals surface area (Å²) in [4.78, 5) is 4.72. The summed E-state index contributed by atoms with van der Waals surface area (Å²) >= 11 is 6.29. The number of hydrogen-bond acceptors (Lipinski definition) is 2. The molecule has 1 saturated carbocycles. The molecular weight excluding hydrogens is 260 g/mol. The Morgan fingerprint density at radius 2 is 2.26 bits per heavy atom. The summed E-state index contributed by atoms with van der Waals surface area (Å²) in [5, 5.41) is -0.0828. The lowest BCUT2D eigenvalue weighted by molar-refractivity contribution is 0.343. The van der Waals surface area contributed by atoms with Crippen molar-refractivity contribution in [2.24, 2.45) is 5.92 Å². The average Bonchev–Trinajstić information content (AvgIpc) is 3.11. The summed E-state index contributed by atoms with van der Waals surface area (Å²) in [6.45, 7) is 5.65. The molecule has 1 fully saturated rings. The molecule has 1 aromatic carbocycles. The van der Waals surface area contributed by atoms with Gasteiger partial charge in [-0.25, -0.2) is 4.98 Å². The van der Waals surface area contributed by atoms with Crippen molar-refractivity contribution in [2.45, 2.75) is 38.6 Å². The van der Waals surface area contributed by atoms with Gasteiger partial charge in [0.05, 0.1) is 17.5 Å². The Labute approximate surface area is 118 Å². The number of para-hydroxylation sites is 1. The largest absolute Gasteiger partial charge is 0.492 e. The van der Waals surface area contributed by atoms with Crippen LogP contribution < -0.4 is 4.74 Å². The van der Waals surface area contributed by atoms with E-state index in [9.17, 15) is 0 Å². The molecule has 102 valence electrons. The molecule has 0 bridgehead atoms. The predicted octanol–water partition coefficient (Wildman–Crippen LogP) is 4.14. The van der Waals surface area contributed by atoms with Crippen molar-refractivity contribution in [3.8, 4) is 5.75 Å². The highest BCUT2D eigenvalue weighted by Crippen LogP contribution is 2.36. The summed E-state index contributed by atoms with van der Waals surface area (Å²) in [6.07, 6.45) is 2.64. The first-order chi connectivity index (χ1) is 9.20. The minimum Gasteiger partial charge on any atom is -0.492 e. The molecule has 1 unspecified atom stereocenters. The second-order valence-corrected chi connectivity index (χ2v) is 5.85. The summed E-state index contributed by atoms with van der Waals surface area (Å²) in [5.41, 5.74) is 2.08. The molecule has 1 aliphatic rings. The molecule has 3 rings (SSSR count). The number of fused-ring (bicyclic) bond motifs is 1. The Balaban J connectivity index is 2.13. The fraction of sp³-hybridized carbons (Fsp3) is 0.533. The van der Waals surface area contributed by atoms with Gasteiger partial charge >= 0.3 is 0 Å². The molecule has 19 heavy (non-hydrogen) atoms. The van der Waals surface area contributed by atoms with Gasteiger partial charge in [0.1, 0.15) is 17.1 Å². The Morgan fingerprint density at radius 1 is 1.47 bits per heavy atom. The van der Waals surface area contributed by atoms with Gasteiger partial charge in [-0.3, -0.25) is 0 Å². The lowest BCUT2D eigenvalue weighted by atomic mass is 10.3. The van der Waals surface area contributed by atoms with E-state index in [4.69, 9.17) is 21.3 Å². The van der Waals surface area contributed by atoms with Crippen LogP contribution in [0.1, 0.15) is 37.9 Å². The van der Waals surface area contributed by atoms with E-state index in [1.807, 2.05) is 26.0 Å². The first-order valence-electron chi connectivity index (χ1n) is 6.96. The number of hydrogen-bond donors (Lipinski definition) is 0.